The lowest BCUT2D eigenvalue weighted by molar-refractivity contribution is -0.407. The Hall–Kier alpha value is -1.32. The van der Waals surface area contributed by atoms with E-state index in [1.165, 1.54) is 0 Å². The van der Waals surface area contributed by atoms with Crippen LogP contribution < -0.4 is 0 Å². The van der Waals surface area contributed by atoms with Gasteiger partial charge in [-0.25, -0.2) is 0 Å². The van der Waals surface area contributed by atoms with E-state index in [2.05, 4.69) is 0 Å². The highest BCUT2D eigenvalue weighted by Crippen LogP contribution is 2.43. The van der Waals surface area contributed by atoms with Crippen LogP contribution in [0.1, 0.15) is 0 Å². The molecule has 0 saturated heterocycles. The van der Waals surface area contributed by atoms with Crippen molar-refractivity contribution in [3.63, 3.8) is 0 Å². The van der Waals surface area contributed by atoms with Crippen molar-refractivity contribution in [3.05, 3.63) is 0 Å². The molecule has 16 heteroatoms. The predicted octanol–water partition coefficient (Wildman–Crippen LogP) is 3.95. The van der Waals surface area contributed by atoms with Crippen LogP contribution in [-0.4, -0.2) is 34.9 Å². The zero-order valence-electron chi connectivity index (χ0n) is 8.32. The lowest BCUT2D eigenvalue weighted by Gasteiger charge is -2.23. The van der Waals surface area contributed by atoms with E-state index >= 15 is 0 Å². The van der Waals surface area contributed by atoms with Crippen LogP contribution in [0.3, 0.4) is 0 Å². The van der Waals surface area contributed by atoms with E-state index < -0.39 is 34.9 Å². The van der Waals surface area contributed by atoms with E-state index in [9.17, 15) is 53.0 Å². The second-order valence-electron chi connectivity index (χ2n) is 2.83. The van der Waals surface area contributed by atoms with E-state index in [0.29, 0.717) is 10.2 Å². The van der Waals surface area contributed by atoms with Crippen LogP contribution in [0.2, 0.25) is 0 Å². The molecule has 0 unspecified atom stereocenters. The first-order chi connectivity index (χ1) is 8.59. The average molecular weight is 332 g/mol. The number of rotatable bonds is 6. The molecule has 0 atom stereocenters. The summed E-state index contributed by atoms with van der Waals surface area (Å²) in [4.78, 5) is 0. The molecule has 0 heterocycles. The first-order valence-corrected chi connectivity index (χ1v) is 3.78. The number of nitrogens with zero attached hydrogens (tertiary/aromatic N) is 4. The third-order valence-corrected chi connectivity index (χ3v) is 1.45. The van der Waals surface area contributed by atoms with Gasteiger partial charge in [-0.05, 0) is 0 Å². The first kappa shape index (κ1) is 18.7. The summed E-state index contributed by atoms with van der Waals surface area (Å²) in [6, 6.07) is -25.8. The Morgan fingerprint density at radius 1 is 0.500 bits per heavy atom. The van der Waals surface area contributed by atoms with Crippen LogP contribution in [-0.2, 0) is 0 Å². The molecule has 4 nitrogen and oxygen atoms in total. The summed E-state index contributed by atoms with van der Waals surface area (Å²) in [7, 11) is 0. The van der Waals surface area contributed by atoms with Crippen molar-refractivity contribution in [1.29, 1.82) is 0 Å². The smallest absolute Gasteiger partial charge is 0.174 e. The fourth-order valence-electron chi connectivity index (χ4n) is 0.449. The van der Waals surface area contributed by atoms with Crippen molar-refractivity contribution in [2.24, 2.45) is 10.2 Å². The Morgan fingerprint density at radius 3 is 0.850 bits per heavy atom. The van der Waals surface area contributed by atoms with Crippen LogP contribution in [0.5, 0.6) is 0 Å². The van der Waals surface area contributed by atoms with Crippen molar-refractivity contribution >= 4 is 0 Å². The van der Waals surface area contributed by atoms with Gasteiger partial charge in [0, 0.05) is 0 Å². The molecule has 0 N–H and O–H groups in total. The third-order valence-electron chi connectivity index (χ3n) is 1.45. The molecule has 0 aliphatic heterocycles. The third kappa shape index (κ3) is 3.22. The minimum absolute atomic E-state index is 0.599. The summed E-state index contributed by atoms with van der Waals surface area (Å²) in [6.07, 6.45) is 0. The average Bonchev–Trinajstić information content (AvgIpc) is 2.25. The number of hydrogen-bond donors (Lipinski definition) is 0. The van der Waals surface area contributed by atoms with Gasteiger partial charge in [-0.3, -0.25) is 0 Å². The zero-order valence-corrected chi connectivity index (χ0v) is 8.32. The van der Waals surface area contributed by atoms with Gasteiger partial charge in [0.15, 0.2) is 0 Å². The summed E-state index contributed by atoms with van der Waals surface area (Å²) >= 11 is 0. The molecule has 0 aromatic heterocycles. The van der Waals surface area contributed by atoms with Gasteiger partial charge in [0.25, 0.3) is 0 Å². The molecule has 0 amide bonds. The zero-order chi connectivity index (χ0) is 16.6. The molecule has 0 rings (SSSR count). The lowest BCUT2D eigenvalue weighted by Crippen LogP contribution is -2.49. The molecule has 0 bridgehead atoms. The first-order valence-electron chi connectivity index (χ1n) is 3.78. The molecule has 0 spiro atoms. The quantitative estimate of drug-likeness (QED) is 0.319. The topological polar surface area (TPSA) is 31.2 Å². The molecule has 120 valence electrons. The van der Waals surface area contributed by atoms with Gasteiger partial charge in [-0.1, -0.05) is 17.9 Å². The van der Waals surface area contributed by atoms with Crippen molar-refractivity contribution in [2.45, 2.75) is 24.2 Å². The van der Waals surface area contributed by atoms with E-state index in [1.54, 1.807) is 0 Å². The maximum atomic E-state index is 12.3. The van der Waals surface area contributed by atoms with Gasteiger partial charge in [0.1, 0.15) is 0 Å². The SMILES string of the molecule is FN(F)C(F)(F)C(F)(F)/N=N/C(F)(F)C(F)(F)N(F)F. The van der Waals surface area contributed by atoms with Crippen LogP contribution in [0, 0.1) is 0 Å². The van der Waals surface area contributed by atoms with Gasteiger partial charge in [-0.2, -0.15) is 35.1 Å². The number of alkyl halides is 8. The maximum absolute atomic E-state index is 12.3. The summed E-state index contributed by atoms with van der Waals surface area (Å²) < 4.78 is 142. The van der Waals surface area contributed by atoms with Gasteiger partial charge in [0.2, 0.25) is 0 Å². The Balaban J connectivity index is 5.41. The normalized spacial score (nSPS) is 15.7. The lowest BCUT2D eigenvalue weighted by atomic mass is 10.5. The van der Waals surface area contributed by atoms with Gasteiger partial charge >= 0.3 is 24.2 Å². The summed E-state index contributed by atoms with van der Waals surface area (Å²) in [5, 5.41) is -5.72. The molecule has 0 aromatic rings. The second-order valence-corrected chi connectivity index (χ2v) is 2.83. The molecular formula is C4F12N4. The summed E-state index contributed by atoms with van der Waals surface area (Å²) in [5.41, 5.74) is 0. The Labute approximate surface area is 99.5 Å². The van der Waals surface area contributed by atoms with Crippen molar-refractivity contribution in [1.82, 2.24) is 10.7 Å². The van der Waals surface area contributed by atoms with Gasteiger partial charge in [0.05, 0.1) is 10.7 Å². The molecule has 0 radical (unpaired) electrons. The van der Waals surface area contributed by atoms with E-state index in [0.717, 1.165) is 0 Å². The van der Waals surface area contributed by atoms with Crippen LogP contribution in [0.15, 0.2) is 10.2 Å². The fraction of sp³-hybridized carbons (Fsp3) is 1.00. The molecule has 0 aliphatic carbocycles. The molecular weight excluding hydrogens is 332 g/mol. The largest absolute Gasteiger partial charge is 0.443 e. The maximum Gasteiger partial charge on any atom is 0.443 e. The predicted molar refractivity (Wildman–Crippen MR) is 32.8 cm³/mol. The van der Waals surface area contributed by atoms with Gasteiger partial charge < -0.3 is 0 Å². The second kappa shape index (κ2) is 5.23. The Kier molecular flexibility index (Phi) is 4.88. The molecule has 0 aliphatic rings. The minimum atomic E-state index is -6.49. The molecule has 0 saturated carbocycles. The van der Waals surface area contributed by atoms with E-state index in [1.807, 2.05) is 0 Å². The highest BCUT2D eigenvalue weighted by Gasteiger charge is 2.67. The minimum Gasteiger partial charge on any atom is -0.174 e. The van der Waals surface area contributed by atoms with Crippen molar-refractivity contribution in [3.8, 4) is 0 Å². The molecule has 0 fully saturated rings. The van der Waals surface area contributed by atoms with Crippen LogP contribution >= 0.6 is 0 Å². The Bertz CT molecular complexity index is 328. The number of halogens is 12. The van der Waals surface area contributed by atoms with Gasteiger partial charge in [-0.15, -0.1) is 10.2 Å². The monoisotopic (exact) mass is 332 g/mol. The highest BCUT2D eigenvalue weighted by molar-refractivity contribution is 4.80. The Morgan fingerprint density at radius 2 is 0.700 bits per heavy atom. The van der Waals surface area contributed by atoms with Crippen molar-refractivity contribution in [2.75, 3.05) is 0 Å². The van der Waals surface area contributed by atoms with E-state index in [4.69, 9.17) is 0 Å². The summed E-state index contributed by atoms with van der Waals surface area (Å²) in [6.45, 7) is 0. The molecule has 20 heavy (non-hydrogen) atoms. The van der Waals surface area contributed by atoms with Crippen molar-refractivity contribution < 1.29 is 53.0 Å². The van der Waals surface area contributed by atoms with Crippen LogP contribution in [0.25, 0.3) is 0 Å². The van der Waals surface area contributed by atoms with Crippen LogP contribution in [0.4, 0.5) is 53.0 Å². The highest BCUT2D eigenvalue weighted by atomic mass is 19.4. The molecule has 0 aromatic carbocycles. The number of hydrogen-bond acceptors (Lipinski definition) is 4. The number of azo groups is 1. The fourth-order valence-corrected chi connectivity index (χ4v) is 0.449. The van der Waals surface area contributed by atoms with E-state index in [-0.39, 0.29) is 0 Å². The standard InChI is InChI=1S/C4F12N4/c5-1(6,3(9,10)19(13)14)17-18-2(7,8)4(11,12)20(15)16/b18-17+. The summed E-state index contributed by atoms with van der Waals surface area (Å²) in [5.74, 6) is 0.